The molecule has 2 fully saturated rings. The number of benzene rings is 1. The summed E-state index contributed by atoms with van der Waals surface area (Å²) in [5.41, 5.74) is 1.31. The van der Waals surface area contributed by atoms with Crippen molar-refractivity contribution < 1.29 is 18.9 Å². The van der Waals surface area contributed by atoms with Gasteiger partial charge in [0.2, 0.25) is 5.91 Å². The van der Waals surface area contributed by atoms with Crippen LogP contribution in [0.5, 0.6) is 0 Å². The minimum absolute atomic E-state index is 0.262. The zero-order valence-electron chi connectivity index (χ0n) is 16.2. The molecule has 1 aromatic heterocycles. The van der Waals surface area contributed by atoms with Crippen LogP contribution in [0.1, 0.15) is 34.1 Å². The summed E-state index contributed by atoms with van der Waals surface area (Å²) in [5.74, 6) is -0.262. The summed E-state index contributed by atoms with van der Waals surface area (Å²) in [7, 11) is 1.31. The average molecular weight is 370 g/mol. The van der Waals surface area contributed by atoms with Crippen molar-refractivity contribution >= 4 is 41.1 Å². The lowest BCUT2D eigenvalue weighted by molar-refractivity contribution is -0.120. The molecular formula is C18H23BN4O4. The molecule has 0 radical (unpaired) electrons. The number of aromatic nitrogens is 2. The van der Waals surface area contributed by atoms with Gasteiger partial charge in [-0.3, -0.25) is 19.7 Å². The largest absolute Gasteiger partial charge is 0.495 e. The highest BCUT2D eigenvalue weighted by atomic mass is 16.7. The van der Waals surface area contributed by atoms with Crippen LogP contribution < -0.4 is 15.7 Å². The third kappa shape index (κ3) is 2.81. The molecular weight excluding hydrogens is 347 g/mol. The second-order valence-corrected chi connectivity index (χ2v) is 8.08. The van der Waals surface area contributed by atoms with Crippen LogP contribution in [0.2, 0.25) is 0 Å². The molecule has 3 heterocycles. The number of amides is 3. The van der Waals surface area contributed by atoms with E-state index in [1.165, 1.54) is 0 Å². The number of hydrogen-bond acceptors (Lipinski definition) is 5. The second-order valence-electron chi connectivity index (χ2n) is 8.08. The molecule has 8 nitrogen and oxygen atoms in total. The van der Waals surface area contributed by atoms with Crippen LogP contribution in [0.25, 0.3) is 10.9 Å². The highest BCUT2D eigenvalue weighted by Crippen LogP contribution is 2.37. The summed E-state index contributed by atoms with van der Waals surface area (Å²) in [6.07, 6.45) is 2.16. The SMILES string of the molecule is Cn1cc2c(B3OC(C)(C)C(C)(C)O3)ccc(N3CCC(=O)NC3=O)c2n1. The number of nitrogens with zero attached hydrogens (tertiary/aromatic N) is 3. The Morgan fingerprint density at radius 3 is 2.44 bits per heavy atom. The van der Waals surface area contributed by atoms with Gasteiger partial charge in [-0.15, -0.1) is 0 Å². The minimum atomic E-state index is -0.521. The van der Waals surface area contributed by atoms with E-state index in [4.69, 9.17) is 9.31 Å². The van der Waals surface area contributed by atoms with E-state index in [1.807, 2.05) is 53.1 Å². The number of anilines is 1. The number of carbonyl (C=O) groups excluding carboxylic acids is 2. The number of urea groups is 1. The van der Waals surface area contributed by atoms with E-state index in [0.717, 1.165) is 10.8 Å². The van der Waals surface area contributed by atoms with Gasteiger partial charge in [-0.2, -0.15) is 5.10 Å². The smallest absolute Gasteiger partial charge is 0.399 e. The van der Waals surface area contributed by atoms with Gasteiger partial charge >= 0.3 is 13.1 Å². The number of aryl methyl sites for hydroxylation is 1. The highest BCUT2D eigenvalue weighted by Gasteiger charge is 2.52. The van der Waals surface area contributed by atoms with Crippen LogP contribution in [0.15, 0.2) is 18.3 Å². The lowest BCUT2D eigenvalue weighted by Gasteiger charge is -2.32. The van der Waals surface area contributed by atoms with Gasteiger partial charge in [0, 0.05) is 31.6 Å². The number of hydrogen-bond donors (Lipinski definition) is 1. The third-order valence-corrected chi connectivity index (χ3v) is 5.66. The van der Waals surface area contributed by atoms with Crippen molar-refractivity contribution in [3.8, 4) is 0 Å². The number of carbonyl (C=O) groups is 2. The fourth-order valence-corrected chi connectivity index (χ4v) is 3.41. The lowest BCUT2D eigenvalue weighted by Crippen LogP contribution is -2.49. The minimum Gasteiger partial charge on any atom is -0.399 e. The quantitative estimate of drug-likeness (QED) is 0.806. The van der Waals surface area contributed by atoms with Crippen LogP contribution in [0.3, 0.4) is 0 Å². The fourth-order valence-electron chi connectivity index (χ4n) is 3.41. The lowest BCUT2D eigenvalue weighted by atomic mass is 9.77. The fraction of sp³-hybridized carbons (Fsp3) is 0.500. The maximum absolute atomic E-state index is 12.3. The molecule has 4 rings (SSSR count). The zero-order valence-corrected chi connectivity index (χ0v) is 16.2. The van der Waals surface area contributed by atoms with Crippen molar-refractivity contribution in [3.05, 3.63) is 18.3 Å². The molecule has 0 unspecified atom stereocenters. The van der Waals surface area contributed by atoms with Gasteiger partial charge in [-0.05, 0) is 39.2 Å². The second kappa shape index (κ2) is 5.80. The Bertz CT molecular complexity index is 936. The van der Waals surface area contributed by atoms with Crippen LogP contribution in [0, 0.1) is 0 Å². The van der Waals surface area contributed by atoms with Crippen LogP contribution in [-0.2, 0) is 21.2 Å². The predicted octanol–water partition coefficient (Wildman–Crippen LogP) is 1.32. The van der Waals surface area contributed by atoms with E-state index >= 15 is 0 Å². The predicted molar refractivity (Wildman–Crippen MR) is 102 cm³/mol. The molecule has 2 aliphatic rings. The van der Waals surface area contributed by atoms with Gasteiger partial charge in [0.05, 0.1) is 16.9 Å². The molecule has 9 heteroatoms. The maximum atomic E-state index is 12.3. The van der Waals surface area contributed by atoms with Crippen molar-refractivity contribution in [2.24, 2.45) is 7.05 Å². The van der Waals surface area contributed by atoms with Gasteiger partial charge in [0.25, 0.3) is 0 Å². The zero-order chi connectivity index (χ0) is 19.6. The summed E-state index contributed by atoms with van der Waals surface area (Å²) >= 11 is 0. The van der Waals surface area contributed by atoms with E-state index in [2.05, 4.69) is 10.4 Å². The number of nitrogens with one attached hydrogen (secondary N) is 1. The standard InChI is InChI=1S/C18H23BN4O4/c1-17(2)18(3,4)27-19(26-17)12-6-7-13(15-11(12)10-22(5)21-15)23-9-8-14(24)20-16(23)25/h6-7,10H,8-9H2,1-5H3,(H,20,24,25). The molecule has 2 saturated heterocycles. The number of fused-ring (bicyclic) bond motifs is 1. The van der Waals surface area contributed by atoms with E-state index in [0.29, 0.717) is 17.7 Å². The molecule has 3 amide bonds. The van der Waals surface area contributed by atoms with Gasteiger partial charge in [-0.25, -0.2) is 4.79 Å². The van der Waals surface area contributed by atoms with Crippen LogP contribution in [0.4, 0.5) is 10.5 Å². The third-order valence-electron chi connectivity index (χ3n) is 5.66. The Morgan fingerprint density at radius 2 is 1.81 bits per heavy atom. The van der Waals surface area contributed by atoms with Crippen molar-refractivity contribution in [3.63, 3.8) is 0 Å². The highest BCUT2D eigenvalue weighted by molar-refractivity contribution is 6.65. The van der Waals surface area contributed by atoms with Gasteiger partial charge < -0.3 is 9.31 Å². The molecule has 2 aliphatic heterocycles. The molecule has 0 spiro atoms. The summed E-state index contributed by atoms with van der Waals surface area (Å²) in [6, 6.07) is 3.32. The summed E-state index contributed by atoms with van der Waals surface area (Å²) in [6.45, 7) is 8.37. The number of rotatable bonds is 2. The molecule has 0 bridgehead atoms. The van der Waals surface area contributed by atoms with Crippen LogP contribution in [-0.4, -0.2) is 46.6 Å². The average Bonchev–Trinajstić information content (AvgIpc) is 3.03. The first-order valence-corrected chi connectivity index (χ1v) is 9.02. The monoisotopic (exact) mass is 370 g/mol. The molecule has 1 N–H and O–H groups in total. The Balaban J connectivity index is 1.78. The van der Waals surface area contributed by atoms with Gasteiger partial charge in [0.1, 0.15) is 5.52 Å². The Hall–Kier alpha value is -2.39. The van der Waals surface area contributed by atoms with E-state index in [-0.39, 0.29) is 12.3 Å². The first-order chi connectivity index (χ1) is 12.6. The van der Waals surface area contributed by atoms with E-state index in [1.54, 1.807) is 9.58 Å². The molecule has 142 valence electrons. The molecule has 27 heavy (non-hydrogen) atoms. The Kier molecular flexibility index (Phi) is 3.87. The molecule has 0 aliphatic carbocycles. The summed E-state index contributed by atoms with van der Waals surface area (Å²) in [5, 5.41) is 7.76. The van der Waals surface area contributed by atoms with Gasteiger partial charge in [-0.1, -0.05) is 6.07 Å². The Morgan fingerprint density at radius 1 is 1.15 bits per heavy atom. The Labute approximate surface area is 157 Å². The van der Waals surface area contributed by atoms with Gasteiger partial charge in [0.15, 0.2) is 0 Å². The molecule has 2 aromatic rings. The van der Waals surface area contributed by atoms with Crippen LogP contribution >= 0.6 is 0 Å². The topological polar surface area (TPSA) is 85.7 Å². The van der Waals surface area contributed by atoms with Crippen molar-refractivity contribution in [2.45, 2.75) is 45.3 Å². The van der Waals surface area contributed by atoms with Crippen molar-refractivity contribution in [1.29, 1.82) is 0 Å². The van der Waals surface area contributed by atoms with E-state index in [9.17, 15) is 9.59 Å². The molecule has 0 saturated carbocycles. The van der Waals surface area contributed by atoms with E-state index < -0.39 is 24.4 Å². The molecule has 1 aromatic carbocycles. The summed E-state index contributed by atoms with van der Waals surface area (Å²) < 4.78 is 14.1. The van der Waals surface area contributed by atoms with Crippen molar-refractivity contribution in [2.75, 3.05) is 11.4 Å². The normalized spacial score (nSPS) is 21.8. The maximum Gasteiger partial charge on any atom is 0.495 e. The summed E-state index contributed by atoms with van der Waals surface area (Å²) in [4.78, 5) is 25.3. The van der Waals surface area contributed by atoms with Crippen molar-refractivity contribution in [1.82, 2.24) is 15.1 Å². The molecule has 0 atom stereocenters. The number of imide groups is 1. The first kappa shape index (κ1) is 18.0. The first-order valence-electron chi connectivity index (χ1n) is 9.02.